The molecule has 6 nitrogen and oxygen atoms in total. The third-order valence-corrected chi connectivity index (χ3v) is 9.38. The van der Waals surface area contributed by atoms with Crippen LogP contribution in [0.25, 0.3) is 10.2 Å². The van der Waals surface area contributed by atoms with E-state index in [9.17, 15) is 13.2 Å². The zero-order chi connectivity index (χ0) is 19.9. The zero-order valence-electron chi connectivity index (χ0n) is 15.0. The lowest BCUT2D eigenvalue weighted by molar-refractivity contribution is -0.121. The number of aryl methyl sites for hydroxylation is 1. The molecular weight excluding hydrogens is 438 g/mol. The van der Waals surface area contributed by atoms with Gasteiger partial charge in [0.1, 0.15) is 10.3 Å². The van der Waals surface area contributed by atoms with Crippen LogP contribution in [0.3, 0.4) is 0 Å². The summed E-state index contributed by atoms with van der Waals surface area (Å²) in [6.07, 6.45) is 1.10. The lowest BCUT2D eigenvalue weighted by Gasteiger charge is -2.20. The van der Waals surface area contributed by atoms with Crippen molar-refractivity contribution >= 4 is 60.4 Å². The van der Waals surface area contributed by atoms with Crippen LogP contribution in [0.2, 0.25) is 4.34 Å². The SMILES string of the molecule is CCn1c(=NC(=O)C2CCCN2S(=O)(=O)c2ccc(Cl)s2)sc2ccccc21. The number of thiazole rings is 1. The van der Waals surface area contributed by atoms with Crippen molar-refractivity contribution in [3.8, 4) is 0 Å². The molecule has 2 aromatic heterocycles. The normalized spacial score (nSPS) is 18.9. The molecule has 0 bridgehead atoms. The first-order valence-corrected chi connectivity index (χ1v) is 12.3. The summed E-state index contributed by atoms with van der Waals surface area (Å²) in [6, 6.07) is 10.1. The number of benzene rings is 1. The Morgan fingerprint density at radius 2 is 2.04 bits per heavy atom. The first-order chi connectivity index (χ1) is 13.4. The molecule has 0 aliphatic carbocycles. The molecule has 1 amide bonds. The highest BCUT2D eigenvalue weighted by Crippen LogP contribution is 2.32. The molecule has 4 rings (SSSR count). The van der Waals surface area contributed by atoms with Crippen molar-refractivity contribution in [1.29, 1.82) is 0 Å². The molecule has 0 radical (unpaired) electrons. The number of amides is 1. The molecule has 0 saturated carbocycles. The molecule has 3 heterocycles. The van der Waals surface area contributed by atoms with Crippen LogP contribution in [0.1, 0.15) is 19.8 Å². The van der Waals surface area contributed by atoms with Gasteiger partial charge in [0, 0.05) is 13.1 Å². The van der Waals surface area contributed by atoms with Crippen molar-refractivity contribution in [2.24, 2.45) is 4.99 Å². The van der Waals surface area contributed by atoms with E-state index in [4.69, 9.17) is 11.6 Å². The largest absolute Gasteiger partial charge is 0.317 e. The third-order valence-electron chi connectivity index (χ3n) is 4.71. The fraction of sp³-hybridized carbons (Fsp3) is 0.333. The Morgan fingerprint density at radius 3 is 2.75 bits per heavy atom. The maximum Gasteiger partial charge on any atom is 0.266 e. The van der Waals surface area contributed by atoms with Crippen LogP contribution in [0.15, 0.2) is 45.6 Å². The number of rotatable bonds is 4. The molecule has 1 atom stereocenters. The topological polar surface area (TPSA) is 71.7 Å². The number of carbonyl (C=O) groups is 1. The third kappa shape index (κ3) is 3.46. The minimum Gasteiger partial charge on any atom is -0.317 e. The summed E-state index contributed by atoms with van der Waals surface area (Å²) in [7, 11) is -3.76. The van der Waals surface area contributed by atoms with Gasteiger partial charge in [0.2, 0.25) is 0 Å². The summed E-state index contributed by atoms with van der Waals surface area (Å²) in [6.45, 7) is 2.98. The van der Waals surface area contributed by atoms with Gasteiger partial charge in [-0.2, -0.15) is 9.30 Å². The second-order valence-electron chi connectivity index (χ2n) is 6.38. The number of fused-ring (bicyclic) bond motifs is 1. The first-order valence-electron chi connectivity index (χ1n) is 8.86. The lowest BCUT2D eigenvalue weighted by atomic mass is 10.2. The van der Waals surface area contributed by atoms with E-state index in [0.29, 0.717) is 35.1 Å². The highest BCUT2D eigenvalue weighted by atomic mass is 35.5. The van der Waals surface area contributed by atoms with Crippen LogP contribution in [0, 0.1) is 0 Å². The number of carbonyl (C=O) groups excluding carboxylic acids is 1. The molecule has 148 valence electrons. The Hall–Kier alpha value is -1.52. The van der Waals surface area contributed by atoms with E-state index in [1.807, 2.05) is 35.8 Å². The molecule has 1 aliphatic rings. The molecule has 1 saturated heterocycles. The molecular formula is C18H18ClN3O3S3. The van der Waals surface area contributed by atoms with Gasteiger partial charge in [-0.3, -0.25) is 4.79 Å². The zero-order valence-corrected chi connectivity index (χ0v) is 18.2. The number of sulfonamides is 1. The molecule has 1 fully saturated rings. The van der Waals surface area contributed by atoms with E-state index in [-0.39, 0.29) is 4.21 Å². The molecule has 1 aromatic carbocycles. The molecule has 10 heteroatoms. The average Bonchev–Trinajstić information content (AvgIpc) is 3.39. The van der Waals surface area contributed by atoms with Crippen molar-refractivity contribution < 1.29 is 13.2 Å². The van der Waals surface area contributed by atoms with E-state index < -0.39 is 22.0 Å². The second kappa shape index (κ2) is 7.72. The van der Waals surface area contributed by atoms with Crippen LogP contribution in [-0.4, -0.2) is 35.8 Å². The lowest BCUT2D eigenvalue weighted by Crippen LogP contribution is -2.40. The summed E-state index contributed by atoms with van der Waals surface area (Å²) in [5.74, 6) is -0.419. The Kier molecular flexibility index (Phi) is 5.45. The van der Waals surface area contributed by atoms with Crippen LogP contribution >= 0.6 is 34.3 Å². The molecule has 1 aliphatic heterocycles. The van der Waals surface area contributed by atoms with Gasteiger partial charge >= 0.3 is 0 Å². The van der Waals surface area contributed by atoms with E-state index >= 15 is 0 Å². The monoisotopic (exact) mass is 455 g/mol. The smallest absolute Gasteiger partial charge is 0.266 e. The molecule has 0 N–H and O–H groups in total. The van der Waals surface area contributed by atoms with Gasteiger partial charge in [-0.1, -0.05) is 35.1 Å². The van der Waals surface area contributed by atoms with Crippen molar-refractivity contribution in [1.82, 2.24) is 8.87 Å². The summed E-state index contributed by atoms with van der Waals surface area (Å²) < 4.78 is 30.8. The summed E-state index contributed by atoms with van der Waals surface area (Å²) in [5, 5.41) is 0. The van der Waals surface area contributed by atoms with Crippen LogP contribution in [0.4, 0.5) is 0 Å². The van der Waals surface area contributed by atoms with Crippen molar-refractivity contribution in [3.63, 3.8) is 0 Å². The summed E-state index contributed by atoms with van der Waals surface area (Å²) in [4.78, 5) is 17.9. The average molecular weight is 456 g/mol. The summed E-state index contributed by atoms with van der Waals surface area (Å²) >= 11 is 8.34. The van der Waals surface area contributed by atoms with Gasteiger partial charge in [-0.15, -0.1) is 11.3 Å². The van der Waals surface area contributed by atoms with E-state index in [0.717, 1.165) is 21.6 Å². The van der Waals surface area contributed by atoms with Crippen molar-refractivity contribution in [3.05, 3.63) is 45.5 Å². The van der Waals surface area contributed by atoms with Gasteiger partial charge in [0.05, 0.1) is 14.6 Å². The molecule has 0 spiro atoms. The fourth-order valence-corrected chi connectivity index (χ4v) is 7.77. The van der Waals surface area contributed by atoms with Gasteiger partial charge in [-0.25, -0.2) is 8.42 Å². The Labute approximate surface area is 175 Å². The highest BCUT2D eigenvalue weighted by Gasteiger charge is 2.40. The number of halogens is 1. The number of hydrogen-bond acceptors (Lipinski definition) is 5. The minimum atomic E-state index is -3.76. The molecule has 3 aromatic rings. The molecule has 28 heavy (non-hydrogen) atoms. The number of thiophene rings is 1. The van der Waals surface area contributed by atoms with Gasteiger partial charge < -0.3 is 4.57 Å². The van der Waals surface area contributed by atoms with E-state index in [1.54, 1.807) is 6.07 Å². The first kappa shape index (κ1) is 19.8. The summed E-state index contributed by atoms with van der Waals surface area (Å²) in [5.41, 5.74) is 1.02. The fourth-order valence-electron chi connectivity index (χ4n) is 3.41. The van der Waals surface area contributed by atoms with Gasteiger partial charge in [-0.05, 0) is 44.0 Å². The van der Waals surface area contributed by atoms with Gasteiger partial charge in [0.15, 0.2) is 4.80 Å². The Bertz CT molecular complexity index is 1210. The predicted molar refractivity (Wildman–Crippen MR) is 112 cm³/mol. The van der Waals surface area contributed by atoms with E-state index in [2.05, 4.69) is 4.99 Å². The van der Waals surface area contributed by atoms with Crippen LogP contribution < -0.4 is 4.80 Å². The van der Waals surface area contributed by atoms with Gasteiger partial charge in [0.25, 0.3) is 15.9 Å². The van der Waals surface area contributed by atoms with Crippen molar-refractivity contribution in [2.45, 2.75) is 36.6 Å². The number of para-hydroxylation sites is 1. The number of aromatic nitrogens is 1. The standard InChI is InChI=1S/C18H18ClN3O3S3/c1-2-21-12-6-3-4-8-14(12)26-18(21)20-17(23)13-7-5-11-22(13)28(24,25)16-10-9-15(19)27-16/h3-4,6,8-10,13H,2,5,7,11H2,1H3. The maximum atomic E-state index is 13.0. The quantitative estimate of drug-likeness (QED) is 0.601. The van der Waals surface area contributed by atoms with Crippen LogP contribution in [0.5, 0.6) is 0 Å². The Morgan fingerprint density at radius 1 is 1.25 bits per heavy atom. The molecule has 1 unspecified atom stereocenters. The van der Waals surface area contributed by atoms with Crippen LogP contribution in [-0.2, 0) is 21.4 Å². The van der Waals surface area contributed by atoms with Crippen molar-refractivity contribution in [2.75, 3.05) is 6.54 Å². The highest BCUT2D eigenvalue weighted by molar-refractivity contribution is 7.91. The number of nitrogens with zero attached hydrogens (tertiary/aromatic N) is 3. The minimum absolute atomic E-state index is 0.155. The second-order valence-corrected chi connectivity index (χ2v) is 11.2. The predicted octanol–water partition coefficient (Wildman–Crippen LogP) is 3.72. The maximum absolute atomic E-state index is 13.0. The Balaban J connectivity index is 1.71. The number of hydrogen-bond donors (Lipinski definition) is 0. The van der Waals surface area contributed by atoms with E-state index in [1.165, 1.54) is 21.7 Å².